The molecule has 21 heavy (non-hydrogen) atoms. The maximum absolute atomic E-state index is 12.7. The molecule has 0 aromatic carbocycles. The number of ether oxygens (including phenoxy) is 1. The van der Waals surface area contributed by atoms with Gasteiger partial charge in [0.2, 0.25) is 0 Å². The second-order valence-corrected chi connectivity index (χ2v) is 6.13. The van der Waals surface area contributed by atoms with Crippen molar-refractivity contribution in [3.05, 3.63) is 18.0 Å². The highest BCUT2D eigenvalue weighted by atomic mass is 19.4. The molecule has 2 rings (SSSR count). The molecule has 1 aliphatic carbocycles. The van der Waals surface area contributed by atoms with Crippen LogP contribution in [0.3, 0.4) is 0 Å². The van der Waals surface area contributed by atoms with E-state index in [0.29, 0.717) is 12.8 Å². The molecule has 0 aliphatic heterocycles. The molecule has 0 radical (unpaired) electrons. The minimum absolute atomic E-state index is 0.185. The predicted octanol–water partition coefficient (Wildman–Crippen LogP) is 3.13. The Hall–Kier alpha value is -1.73. The molecule has 1 heterocycles. The number of halogens is 3. The lowest BCUT2D eigenvalue weighted by Crippen LogP contribution is -2.47. The predicted molar refractivity (Wildman–Crippen MR) is 68.7 cm³/mol. The SMILES string of the molecule is CC(C)(C)OC(=O)N[C@H]1C[C@H](n2nccc2C(F)(F)F)C1. The van der Waals surface area contributed by atoms with Crippen LogP contribution < -0.4 is 5.32 Å². The molecule has 0 spiro atoms. The van der Waals surface area contributed by atoms with Crippen molar-refractivity contribution in [1.82, 2.24) is 15.1 Å². The third-order valence-electron chi connectivity index (χ3n) is 3.14. The van der Waals surface area contributed by atoms with Crippen LogP contribution in [0.1, 0.15) is 45.3 Å². The van der Waals surface area contributed by atoms with Crippen molar-refractivity contribution in [2.75, 3.05) is 0 Å². The van der Waals surface area contributed by atoms with E-state index in [1.165, 1.54) is 0 Å². The van der Waals surface area contributed by atoms with Gasteiger partial charge in [0.25, 0.3) is 0 Å². The average molecular weight is 305 g/mol. The third kappa shape index (κ3) is 3.89. The van der Waals surface area contributed by atoms with Gasteiger partial charge in [-0.25, -0.2) is 4.79 Å². The van der Waals surface area contributed by atoms with Crippen LogP contribution in [-0.4, -0.2) is 27.5 Å². The summed E-state index contributed by atoms with van der Waals surface area (Å²) in [6.07, 6.45) is -3.02. The van der Waals surface area contributed by atoms with Gasteiger partial charge in [-0.3, -0.25) is 4.68 Å². The number of nitrogens with one attached hydrogen (secondary N) is 1. The summed E-state index contributed by atoms with van der Waals surface area (Å²) in [5.74, 6) is 0. The van der Waals surface area contributed by atoms with Crippen LogP contribution in [0.5, 0.6) is 0 Å². The topological polar surface area (TPSA) is 56.1 Å². The fraction of sp³-hybridized carbons (Fsp3) is 0.692. The Morgan fingerprint density at radius 1 is 1.38 bits per heavy atom. The van der Waals surface area contributed by atoms with E-state index < -0.39 is 23.6 Å². The zero-order valence-electron chi connectivity index (χ0n) is 12.1. The summed E-state index contributed by atoms with van der Waals surface area (Å²) in [4.78, 5) is 11.5. The van der Waals surface area contributed by atoms with Crippen molar-refractivity contribution in [2.45, 2.75) is 57.5 Å². The molecule has 1 aromatic heterocycles. The Morgan fingerprint density at radius 2 is 2.00 bits per heavy atom. The molecule has 118 valence electrons. The van der Waals surface area contributed by atoms with Gasteiger partial charge < -0.3 is 10.1 Å². The first kappa shape index (κ1) is 15.7. The van der Waals surface area contributed by atoms with Gasteiger partial charge in [-0.15, -0.1) is 0 Å². The number of aromatic nitrogens is 2. The molecular formula is C13H18F3N3O2. The van der Waals surface area contributed by atoms with Gasteiger partial charge in [0.05, 0.1) is 6.04 Å². The van der Waals surface area contributed by atoms with Gasteiger partial charge in [0.1, 0.15) is 11.3 Å². The average Bonchev–Trinajstić information content (AvgIpc) is 2.67. The summed E-state index contributed by atoms with van der Waals surface area (Å²) in [5, 5.41) is 6.37. The Balaban J connectivity index is 1.88. The molecule has 1 fully saturated rings. The Labute approximate surface area is 120 Å². The number of hydrogen-bond acceptors (Lipinski definition) is 3. The molecule has 1 aromatic rings. The second-order valence-electron chi connectivity index (χ2n) is 6.13. The normalized spacial score (nSPS) is 22.6. The zero-order valence-corrected chi connectivity index (χ0v) is 12.1. The van der Waals surface area contributed by atoms with Gasteiger partial charge in [0.15, 0.2) is 0 Å². The van der Waals surface area contributed by atoms with Gasteiger partial charge in [-0.1, -0.05) is 0 Å². The maximum Gasteiger partial charge on any atom is 0.433 e. The quantitative estimate of drug-likeness (QED) is 0.913. The molecule has 0 saturated heterocycles. The molecular weight excluding hydrogens is 287 g/mol. The summed E-state index contributed by atoms with van der Waals surface area (Å²) in [6.45, 7) is 5.24. The Bertz CT molecular complexity index is 513. The Kier molecular flexibility index (Phi) is 3.90. The number of amides is 1. The van der Waals surface area contributed by atoms with Crippen molar-refractivity contribution in [2.24, 2.45) is 0 Å². The van der Waals surface area contributed by atoms with Gasteiger partial charge in [-0.05, 0) is 39.7 Å². The van der Waals surface area contributed by atoms with E-state index in [-0.39, 0.29) is 12.1 Å². The number of rotatable bonds is 2. The number of alkyl carbamates (subject to hydrolysis) is 1. The van der Waals surface area contributed by atoms with E-state index in [9.17, 15) is 18.0 Å². The van der Waals surface area contributed by atoms with Gasteiger partial charge in [0, 0.05) is 12.2 Å². The number of carbonyl (C=O) groups is 1. The first-order valence-corrected chi connectivity index (χ1v) is 6.66. The monoisotopic (exact) mass is 305 g/mol. The highest BCUT2D eigenvalue weighted by Crippen LogP contribution is 2.37. The van der Waals surface area contributed by atoms with Crippen LogP contribution in [0.2, 0.25) is 0 Å². The van der Waals surface area contributed by atoms with Crippen molar-refractivity contribution in [3.8, 4) is 0 Å². The molecule has 1 N–H and O–H groups in total. The first-order chi connectivity index (χ1) is 9.56. The molecule has 1 aliphatic rings. The minimum Gasteiger partial charge on any atom is -0.444 e. The van der Waals surface area contributed by atoms with Crippen molar-refractivity contribution < 1.29 is 22.7 Å². The van der Waals surface area contributed by atoms with Crippen LogP contribution in [0.15, 0.2) is 12.3 Å². The van der Waals surface area contributed by atoms with Gasteiger partial charge in [-0.2, -0.15) is 18.3 Å². The summed E-state index contributed by atoms with van der Waals surface area (Å²) in [6, 6.07) is 0.418. The van der Waals surface area contributed by atoms with Crippen molar-refractivity contribution >= 4 is 6.09 Å². The number of carbonyl (C=O) groups excluding carboxylic acids is 1. The molecule has 0 atom stereocenters. The fourth-order valence-corrected chi connectivity index (χ4v) is 2.21. The summed E-state index contributed by atoms with van der Waals surface area (Å²) >= 11 is 0. The van der Waals surface area contributed by atoms with E-state index in [4.69, 9.17) is 4.74 Å². The molecule has 8 heteroatoms. The van der Waals surface area contributed by atoms with Crippen LogP contribution in [0, 0.1) is 0 Å². The van der Waals surface area contributed by atoms with E-state index in [2.05, 4.69) is 10.4 Å². The smallest absolute Gasteiger partial charge is 0.433 e. The van der Waals surface area contributed by atoms with Crippen LogP contribution in [0.4, 0.5) is 18.0 Å². The van der Waals surface area contributed by atoms with E-state index in [1.807, 2.05) is 0 Å². The summed E-state index contributed by atoms with van der Waals surface area (Å²) in [7, 11) is 0. The maximum atomic E-state index is 12.7. The number of hydrogen-bond donors (Lipinski definition) is 1. The lowest BCUT2D eigenvalue weighted by atomic mass is 9.87. The Morgan fingerprint density at radius 3 is 2.52 bits per heavy atom. The zero-order chi connectivity index (χ0) is 15.8. The van der Waals surface area contributed by atoms with Crippen molar-refractivity contribution in [3.63, 3.8) is 0 Å². The largest absolute Gasteiger partial charge is 0.444 e. The molecule has 1 saturated carbocycles. The molecule has 0 bridgehead atoms. The fourth-order valence-electron chi connectivity index (χ4n) is 2.21. The third-order valence-corrected chi connectivity index (χ3v) is 3.14. The van der Waals surface area contributed by atoms with Crippen LogP contribution in [-0.2, 0) is 10.9 Å². The summed E-state index contributed by atoms with van der Waals surface area (Å²) < 4.78 is 44.3. The van der Waals surface area contributed by atoms with E-state index in [0.717, 1.165) is 16.9 Å². The molecule has 1 amide bonds. The molecule has 5 nitrogen and oxygen atoms in total. The lowest BCUT2D eigenvalue weighted by Gasteiger charge is -2.37. The minimum atomic E-state index is -4.42. The second kappa shape index (κ2) is 5.23. The standard InChI is InChI=1S/C13H18F3N3O2/c1-12(2,3)21-11(20)18-8-6-9(7-8)19-10(4-5-17-19)13(14,15)16/h4-5,8-9H,6-7H2,1-3H3,(H,18,20)/t8-,9-. The first-order valence-electron chi connectivity index (χ1n) is 6.66. The van der Waals surface area contributed by atoms with Crippen LogP contribution >= 0.6 is 0 Å². The highest BCUT2D eigenvalue weighted by molar-refractivity contribution is 5.68. The number of nitrogens with zero attached hydrogens (tertiary/aromatic N) is 2. The van der Waals surface area contributed by atoms with Crippen molar-refractivity contribution in [1.29, 1.82) is 0 Å². The number of alkyl halides is 3. The summed E-state index contributed by atoms with van der Waals surface area (Å²) in [5.41, 5.74) is -1.36. The van der Waals surface area contributed by atoms with Crippen LogP contribution in [0.25, 0.3) is 0 Å². The lowest BCUT2D eigenvalue weighted by molar-refractivity contribution is -0.145. The van der Waals surface area contributed by atoms with Gasteiger partial charge >= 0.3 is 12.3 Å². The molecule has 0 unspecified atom stereocenters. The van der Waals surface area contributed by atoms with E-state index in [1.54, 1.807) is 20.8 Å². The highest BCUT2D eigenvalue weighted by Gasteiger charge is 2.40. The van der Waals surface area contributed by atoms with E-state index >= 15 is 0 Å².